The molecule has 0 aromatic carbocycles. The van der Waals surface area contributed by atoms with Crippen molar-refractivity contribution in [2.45, 2.75) is 26.7 Å². The van der Waals surface area contributed by atoms with Crippen LogP contribution in [0.25, 0.3) is 0 Å². The van der Waals surface area contributed by atoms with E-state index in [2.05, 4.69) is 20.4 Å². The fourth-order valence-electron chi connectivity index (χ4n) is 1.38. The molecule has 62 valence electrons. The zero-order valence-electron chi connectivity index (χ0n) is 7.26. The lowest BCUT2D eigenvalue weighted by Crippen LogP contribution is -2.40. The second-order valence-electron chi connectivity index (χ2n) is 3.87. The second-order valence-corrected chi connectivity index (χ2v) is 3.87. The Morgan fingerprint density at radius 1 is 1.64 bits per heavy atom. The molecule has 0 radical (unpaired) electrons. The number of amides is 1. The number of rotatable bonds is 1. The van der Waals surface area contributed by atoms with Crippen molar-refractivity contribution in [3.8, 4) is 0 Å². The summed E-state index contributed by atoms with van der Waals surface area (Å²) in [6.45, 7) is 8.77. The first-order valence-corrected chi connectivity index (χ1v) is 3.97. The highest BCUT2D eigenvalue weighted by Crippen LogP contribution is 2.28. The maximum atomic E-state index is 11.2. The van der Waals surface area contributed by atoms with Gasteiger partial charge in [0.25, 0.3) is 0 Å². The Morgan fingerprint density at radius 2 is 2.27 bits per heavy atom. The Morgan fingerprint density at radius 3 is 2.73 bits per heavy atom. The van der Waals surface area contributed by atoms with Gasteiger partial charge in [-0.3, -0.25) is 4.79 Å². The molecule has 1 rings (SSSR count). The molecule has 1 fully saturated rings. The predicted octanol–water partition coefficient (Wildman–Crippen LogP) is 1.78. The van der Waals surface area contributed by atoms with E-state index in [1.54, 1.807) is 11.1 Å². The molecule has 2 nitrogen and oxygen atoms in total. The summed E-state index contributed by atoms with van der Waals surface area (Å²) in [6, 6.07) is 0. The van der Waals surface area contributed by atoms with Crippen LogP contribution in [-0.4, -0.2) is 17.4 Å². The molecular weight excluding hydrogens is 138 g/mol. The highest BCUT2D eigenvalue weighted by atomic mass is 16.2. The van der Waals surface area contributed by atoms with E-state index in [-0.39, 0.29) is 11.3 Å². The lowest BCUT2D eigenvalue weighted by molar-refractivity contribution is -0.133. The van der Waals surface area contributed by atoms with Gasteiger partial charge in [0.15, 0.2) is 0 Å². The molecule has 0 N–H and O–H groups in total. The minimum absolute atomic E-state index is 0.208. The summed E-state index contributed by atoms with van der Waals surface area (Å²) in [4.78, 5) is 12.9. The van der Waals surface area contributed by atoms with Crippen LogP contribution in [0.15, 0.2) is 12.8 Å². The minimum Gasteiger partial charge on any atom is -0.319 e. The van der Waals surface area contributed by atoms with Crippen molar-refractivity contribution in [2.24, 2.45) is 5.41 Å². The van der Waals surface area contributed by atoms with Crippen LogP contribution >= 0.6 is 0 Å². The molecule has 0 saturated carbocycles. The summed E-state index contributed by atoms with van der Waals surface area (Å²) < 4.78 is 0. The fraction of sp³-hybridized carbons (Fsp3) is 0.667. The first kappa shape index (κ1) is 8.31. The number of nitrogens with zero attached hydrogens (tertiary/aromatic N) is 1. The van der Waals surface area contributed by atoms with Crippen LogP contribution in [0.2, 0.25) is 0 Å². The van der Waals surface area contributed by atoms with E-state index in [0.717, 1.165) is 13.0 Å². The highest BCUT2D eigenvalue weighted by Gasteiger charge is 2.29. The third kappa shape index (κ3) is 1.82. The monoisotopic (exact) mass is 153 g/mol. The molecule has 2 heteroatoms. The number of likely N-dealkylation sites (tertiary alicyclic amines) is 1. The van der Waals surface area contributed by atoms with Gasteiger partial charge in [0, 0.05) is 13.0 Å². The molecule has 11 heavy (non-hydrogen) atoms. The summed E-state index contributed by atoms with van der Waals surface area (Å²) in [5, 5.41) is 0. The van der Waals surface area contributed by atoms with Crippen molar-refractivity contribution in [1.82, 2.24) is 4.90 Å². The maximum Gasteiger partial charge on any atom is 0.226 e. The summed E-state index contributed by atoms with van der Waals surface area (Å²) in [5.74, 6) is 0.208. The molecule has 0 bridgehead atoms. The largest absolute Gasteiger partial charge is 0.319 e. The van der Waals surface area contributed by atoms with E-state index >= 15 is 0 Å². The standard InChI is InChI=1S/C9H15NO/c1-4-10-7-9(2,3)6-5-8(10)11/h4H,1,5-7H2,2-3H3. The smallest absolute Gasteiger partial charge is 0.226 e. The molecule has 0 aromatic rings. The van der Waals surface area contributed by atoms with Gasteiger partial charge in [-0.05, 0) is 18.0 Å². The van der Waals surface area contributed by atoms with E-state index < -0.39 is 0 Å². The van der Waals surface area contributed by atoms with Gasteiger partial charge in [0.2, 0.25) is 5.91 Å². The first-order chi connectivity index (χ1) is 5.05. The van der Waals surface area contributed by atoms with Crippen molar-refractivity contribution in [3.05, 3.63) is 12.8 Å². The maximum absolute atomic E-state index is 11.2. The molecule has 1 amide bonds. The van der Waals surface area contributed by atoms with Gasteiger partial charge >= 0.3 is 0 Å². The Balaban J connectivity index is 2.65. The van der Waals surface area contributed by atoms with Crippen molar-refractivity contribution >= 4 is 5.91 Å². The summed E-state index contributed by atoms with van der Waals surface area (Å²) in [7, 11) is 0. The molecule has 1 aliphatic heterocycles. The molecule has 0 aromatic heterocycles. The Labute approximate surface area is 67.9 Å². The summed E-state index contributed by atoms with van der Waals surface area (Å²) in [5.41, 5.74) is 0.266. The van der Waals surface area contributed by atoms with Crippen LogP contribution in [0.1, 0.15) is 26.7 Å². The van der Waals surface area contributed by atoms with Crippen LogP contribution in [0, 0.1) is 5.41 Å². The van der Waals surface area contributed by atoms with Gasteiger partial charge in [-0.1, -0.05) is 20.4 Å². The number of hydrogen-bond donors (Lipinski definition) is 0. The minimum atomic E-state index is 0.208. The van der Waals surface area contributed by atoms with E-state index in [9.17, 15) is 4.79 Å². The molecule has 1 aliphatic rings. The normalized spacial score (nSPS) is 23.5. The lowest BCUT2D eigenvalue weighted by Gasteiger charge is -2.35. The zero-order chi connectivity index (χ0) is 8.48. The summed E-state index contributed by atoms with van der Waals surface area (Å²) in [6.07, 6.45) is 3.29. The molecule has 0 spiro atoms. The van der Waals surface area contributed by atoms with Crippen molar-refractivity contribution in [1.29, 1.82) is 0 Å². The van der Waals surface area contributed by atoms with Gasteiger partial charge in [-0.2, -0.15) is 0 Å². The van der Waals surface area contributed by atoms with Gasteiger partial charge in [-0.25, -0.2) is 0 Å². The molecule has 1 saturated heterocycles. The van der Waals surface area contributed by atoms with Crippen molar-refractivity contribution < 1.29 is 4.79 Å². The number of piperidine rings is 1. The highest BCUT2D eigenvalue weighted by molar-refractivity contribution is 5.78. The van der Waals surface area contributed by atoms with Crippen LogP contribution in [0.5, 0.6) is 0 Å². The third-order valence-corrected chi connectivity index (χ3v) is 2.15. The Bertz CT molecular complexity index is 184. The fourth-order valence-corrected chi connectivity index (χ4v) is 1.38. The number of carbonyl (C=O) groups is 1. The summed E-state index contributed by atoms with van der Waals surface area (Å²) >= 11 is 0. The van der Waals surface area contributed by atoms with E-state index in [1.807, 2.05) is 0 Å². The van der Waals surface area contributed by atoms with Crippen LogP contribution in [-0.2, 0) is 4.79 Å². The Hall–Kier alpha value is -0.790. The van der Waals surface area contributed by atoms with Gasteiger partial charge < -0.3 is 4.90 Å². The molecular formula is C9H15NO. The third-order valence-electron chi connectivity index (χ3n) is 2.15. The molecule has 1 heterocycles. The average Bonchev–Trinajstić information content (AvgIpc) is 1.94. The van der Waals surface area contributed by atoms with Crippen molar-refractivity contribution in [2.75, 3.05) is 6.54 Å². The van der Waals surface area contributed by atoms with Crippen LogP contribution in [0.3, 0.4) is 0 Å². The number of carbonyl (C=O) groups excluding carboxylic acids is 1. The second kappa shape index (κ2) is 2.68. The lowest BCUT2D eigenvalue weighted by atomic mass is 9.84. The molecule has 0 aliphatic carbocycles. The SMILES string of the molecule is C=CN1CC(C)(C)CCC1=O. The Kier molecular flexibility index (Phi) is 2.03. The van der Waals surface area contributed by atoms with Crippen LogP contribution < -0.4 is 0 Å². The first-order valence-electron chi connectivity index (χ1n) is 3.97. The number of hydrogen-bond acceptors (Lipinski definition) is 1. The van der Waals surface area contributed by atoms with E-state index in [4.69, 9.17) is 0 Å². The topological polar surface area (TPSA) is 20.3 Å². The molecule has 0 atom stereocenters. The van der Waals surface area contributed by atoms with Gasteiger partial charge in [0.05, 0.1) is 0 Å². The quantitative estimate of drug-likeness (QED) is 0.562. The zero-order valence-corrected chi connectivity index (χ0v) is 7.26. The predicted molar refractivity (Wildman–Crippen MR) is 44.9 cm³/mol. The van der Waals surface area contributed by atoms with E-state index in [1.165, 1.54) is 0 Å². The van der Waals surface area contributed by atoms with Gasteiger partial charge in [-0.15, -0.1) is 0 Å². The van der Waals surface area contributed by atoms with Gasteiger partial charge in [0.1, 0.15) is 0 Å². The average molecular weight is 153 g/mol. The van der Waals surface area contributed by atoms with E-state index in [0.29, 0.717) is 6.42 Å². The van der Waals surface area contributed by atoms with Crippen LogP contribution in [0.4, 0.5) is 0 Å². The van der Waals surface area contributed by atoms with Crippen molar-refractivity contribution in [3.63, 3.8) is 0 Å². The molecule has 0 unspecified atom stereocenters.